The van der Waals surface area contributed by atoms with Gasteiger partial charge in [0.05, 0.1) is 17.5 Å². The smallest absolute Gasteiger partial charge is 0.219 e. The maximum Gasteiger partial charge on any atom is 0.219 e. The Morgan fingerprint density at radius 3 is 2.72 bits per heavy atom. The Bertz CT molecular complexity index is 1370. The van der Waals surface area contributed by atoms with Gasteiger partial charge < -0.3 is 10.5 Å². The first-order valence-electron chi connectivity index (χ1n) is 10.1. The molecule has 0 radical (unpaired) electrons. The number of carbonyl (C=O) groups is 1. The van der Waals surface area contributed by atoms with Crippen molar-refractivity contribution in [3.05, 3.63) is 59.3 Å². The molecule has 4 heterocycles. The molecule has 162 valence electrons. The van der Waals surface area contributed by atoms with E-state index in [1.807, 2.05) is 6.92 Å². The lowest BCUT2D eigenvalue weighted by Crippen LogP contribution is -2.12. The fourth-order valence-electron chi connectivity index (χ4n) is 3.98. The van der Waals surface area contributed by atoms with Gasteiger partial charge in [0, 0.05) is 36.5 Å². The maximum atomic E-state index is 14.2. The predicted molar refractivity (Wildman–Crippen MR) is 114 cm³/mol. The number of anilines is 1. The molecule has 0 unspecified atom stereocenters. The first kappa shape index (κ1) is 19.9. The number of nitrogens with two attached hydrogens (primary N) is 1. The van der Waals surface area contributed by atoms with E-state index < -0.39 is 11.9 Å². The Balaban J connectivity index is 1.86. The largest absolute Gasteiger partial charge is 0.482 e. The molecule has 10 heteroatoms. The highest BCUT2D eigenvalue weighted by Gasteiger charge is 2.29. The summed E-state index contributed by atoms with van der Waals surface area (Å²) in [5.41, 5.74) is 9.17. The molecular weight excluding hydrogens is 413 g/mol. The molecule has 2 bridgehead atoms. The molecule has 9 nitrogen and oxygen atoms in total. The summed E-state index contributed by atoms with van der Waals surface area (Å²) in [6, 6.07) is 5.97. The zero-order chi connectivity index (χ0) is 22.6. The van der Waals surface area contributed by atoms with Gasteiger partial charge in [-0.25, -0.2) is 9.37 Å². The van der Waals surface area contributed by atoms with E-state index in [0.29, 0.717) is 45.9 Å². The van der Waals surface area contributed by atoms with Gasteiger partial charge in [-0.15, -0.1) is 5.10 Å². The molecule has 2 N–H and O–H groups in total. The molecular formula is C22H20FN7O2. The molecule has 1 aliphatic rings. The van der Waals surface area contributed by atoms with Crippen molar-refractivity contribution in [3.63, 3.8) is 0 Å². The second-order valence-corrected chi connectivity index (χ2v) is 7.54. The van der Waals surface area contributed by atoms with E-state index >= 15 is 0 Å². The van der Waals surface area contributed by atoms with Crippen LogP contribution in [0.1, 0.15) is 41.6 Å². The lowest BCUT2D eigenvalue weighted by molar-refractivity contribution is 0.103. The third-order valence-electron chi connectivity index (χ3n) is 5.48. The molecule has 0 fully saturated rings. The van der Waals surface area contributed by atoms with Crippen molar-refractivity contribution in [2.75, 3.05) is 5.73 Å². The Kier molecular flexibility index (Phi) is 4.50. The van der Waals surface area contributed by atoms with E-state index in [0.717, 1.165) is 0 Å². The van der Waals surface area contributed by atoms with Crippen molar-refractivity contribution in [1.82, 2.24) is 29.8 Å². The first-order chi connectivity index (χ1) is 15.4. The van der Waals surface area contributed by atoms with Crippen LogP contribution in [0.3, 0.4) is 0 Å². The van der Waals surface area contributed by atoms with Crippen LogP contribution in [-0.4, -0.2) is 35.5 Å². The average molecular weight is 433 g/mol. The minimum Gasteiger partial charge on any atom is -0.482 e. The predicted octanol–water partition coefficient (Wildman–Crippen LogP) is 3.17. The Morgan fingerprint density at radius 2 is 1.94 bits per heavy atom. The van der Waals surface area contributed by atoms with Crippen LogP contribution in [0, 0.1) is 5.82 Å². The number of hydrogen-bond acceptors (Lipinski definition) is 7. The van der Waals surface area contributed by atoms with Gasteiger partial charge in [-0.3, -0.25) is 9.48 Å². The molecule has 0 amide bonds. The number of halogens is 1. The second kappa shape index (κ2) is 7.26. The quantitative estimate of drug-likeness (QED) is 0.490. The molecule has 1 atom stereocenters. The van der Waals surface area contributed by atoms with Gasteiger partial charge in [0.2, 0.25) is 5.78 Å². The highest BCUT2D eigenvalue weighted by atomic mass is 19.1. The molecule has 0 spiro atoms. The van der Waals surface area contributed by atoms with E-state index in [9.17, 15) is 9.18 Å². The number of nitrogens with zero attached hydrogens (tertiary/aromatic N) is 6. The number of rotatable bonds is 1. The van der Waals surface area contributed by atoms with Gasteiger partial charge in [-0.1, -0.05) is 0 Å². The van der Waals surface area contributed by atoms with Crippen molar-refractivity contribution < 1.29 is 13.9 Å². The standard InChI is InChI=1S/C22H20FN7O2/c1-4-30-20-12-7-17(22(24)25-9-12)32-11(2)15-8-13(23)5-6-14(15)18-19(28-29(3)27-18)21(31)16(20)10-26-30/h5-11H,4H2,1-3H3,(H2,24,25)/t11-/m1/s1. The van der Waals surface area contributed by atoms with E-state index in [4.69, 9.17) is 10.5 Å². The maximum absolute atomic E-state index is 14.2. The number of fused-ring (bicyclic) bond motifs is 7. The Morgan fingerprint density at radius 1 is 1.16 bits per heavy atom. The number of carbonyl (C=O) groups excluding carboxylic acids is 1. The Hall–Kier alpha value is -4.08. The fourth-order valence-corrected chi connectivity index (χ4v) is 3.98. The van der Waals surface area contributed by atoms with Gasteiger partial charge >= 0.3 is 0 Å². The first-order valence-corrected chi connectivity index (χ1v) is 10.1. The summed E-state index contributed by atoms with van der Waals surface area (Å²) in [6.45, 7) is 4.24. The van der Waals surface area contributed by atoms with Crippen molar-refractivity contribution in [3.8, 4) is 28.3 Å². The van der Waals surface area contributed by atoms with E-state index in [1.165, 1.54) is 23.1 Å². The summed E-state index contributed by atoms with van der Waals surface area (Å²) in [7, 11) is 1.63. The second-order valence-electron chi connectivity index (χ2n) is 7.54. The molecule has 32 heavy (non-hydrogen) atoms. The van der Waals surface area contributed by atoms with E-state index in [2.05, 4.69) is 20.3 Å². The van der Waals surface area contributed by atoms with E-state index in [1.54, 1.807) is 37.0 Å². The van der Waals surface area contributed by atoms with E-state index in [-0.39, 0.29) is 17.3 Å². The molecule has 1 aromatic carbocycles. The SMILES string of the molecule is CCn1ncc2c1-c1cnc(N)c(c1)O[C@H](C)c1cc(F)ccc1-c1nn(C)nc1C2=O. The van der Waals surface area contributed by atoms with Gasteiger partial charge in [0.25, 0.3) is 0 Å². The summed E-state index contributed by atoms with van der Waals surface area (Å²) < 4.78 is 22.0. The summed E-state index contributed by atoms with van der Waals surface area (Å²) >= 11 is 0. The number of ether oxygens (including phenoxy) is 1. The number of hydrogen-bond donors (Lipinski definition) is 1. The summed E-state index contributed by atoms with van der Waals surface area (Å²) in [5, 5.41) is 13.1. The fraction of sp³-hybridized carbons (Fsp3) is 0.227. The lowest BCUT2D eigenvalue weighted by Gasteiger charge is -2.20. The average Bonchev–Trinajstić information content (AvgIpc) is 3.37. The van der Waals surface area contributed by atoms with Gasteiger partial charge in [-0.2, -0.15) is 15.0 Å². The number of aryl methyl sites for hydroxylation is 2. The van der Waals surface area contributed by atoms with Crippen molar-refractivity contribution >= 4 is 11.6 Å². The van der Waals surface area contributed by atoms with Crippen LogP contribution >= 0.6 is 0 Å². The van der Waals surface area contributed by atoms with Crippen molar-refractivity contribution in [2.24, 2.45) is 7.05 Å². The number of benzene rings is 1. The normalized spacial score (nSPS) is 15.1. The van der Waals surface area contributed by atoms with Crippen molar-refractivity contribution in [2.45, 2.75) is 26.5 Å². The topological polar surface area (TPSA) is 114 Å². The van der Waals surface area contributed by atoms with Gasteiger partial charge in [0.1, 0.15) is 17.6 Å². The third kappa shape index (κ3) is 3.03. The zero-order valence-electron chi connectivity index (χ0n) is 17.7. The molecule has 5 rings (SSSR count). The zero-order valence-corrected chi connectivity index (χ0v) is 17.7. The number of aromatic nitrogens is 6. The number of nitrogen functional groups attached to an aromatic ring is 1. The molecule has 0 saturated carbocycles. The lowest BCUT2D eigenvalue weighted by atomic mass is 9.95. The van der Waals surface area contributed by atoms with Crippen LogP contribution in [0.5, 0.6) is 5.75 Å². The minimum atomic E-state index is -0.611. The minimum absolute atomic E-state index is 0.147. The highest BCUT2D eigenvalue weighted by molar-refractivity contribution is 6.14. The molecule has 0 saturated heterocycles. The summed E-state index contributed by atoms with van der Waals surface area (Å²) in [5.74, 6) is -0.265. The van der Waals surface area contributed by atoms with Gasteiger partial charge in [-0.05, 0) is 38.1 Å². The summed E-state index contributed by atoms with van der Waals surface area (Å²) in [4.78, 5) is 19.3. The van der Waals surface area contributed by atoms with Crippen LogP contribution in [-0.2, 0) is 13.6 Å². The van der Waals surface area contributed by atoms with Crippen LogP contribution in [0.4, 0.5) is 10.2 Å². The van der Waals surface area contributed by atoms with Crippen molar-refractivity contribution in [1.29, 1.82) is 0 Å². The van der Waals surface area contributed by atoms with Crippen LogP contribution in [0.25, 0.3) is 22.5 Å². The number of pyridine rings is 1. The highest BCUT2D eigenvalue weighted by Crippen LogP contribution is 2.37. The summed E-state index contributed by atoms with van der Waals surface area (Å²) in [6.07, 6.45) is 2.47. The van der Waals surface area contributed by atoms with Crippen LogP contribution < -0.4 is 10.5 Å². The Labute approximate surface area is 182 Å². The number of ketones is 1. The molecule has 1 aliphatic heterocycles. The monoisotopic (exact) mass is 433 g/mol. The van der Waals surface area contributed by atoms with Crippen LogP contribution in [0.15, 0.2) is 36.7 Å². The molecule has 3 aromatic heterocycles. The van der Waals surface area contributed by atoms with Gasteiger partial charge in [0.15, 0.2) is 17.3 Å². The molecule has 4 aromatic rings. The molecule has 0 aliphatic carbocycles. The van der Waals surface area contributed by atoms with Crippen LogP contribution in [0.2, 0.25) is 0 Å². The third-order valence-corrected chi connectivity index (χ3v) is 5.48.